The zero-order valence-corrected chi connectivity index (χ0v) is 12.2. The third kappa shape index (κ3) is 4.79. The maximum Gasteiger partial charge on any atom is 0.341 e. The number of halogens is 2. The fraction of sp³-hybridized carbons (Fsp3) is 0.500. The first kappa shape index (κ1) is 16.4. The van der Waals surface area contributed by atoms with Gasteiger partial charge in [0.15, 0.2) is 6.61 Å². The molecule has 1 aromatic carbocycles. The van der Waals surface area contributed by atoms with E-state index in [9.17, 15) is 18.4 Å². The molecule has 0 saturated heterocycles. The number of carbonyl (C=O) groups is 2. The molecule has 0 radical (unpaired) electrons. The van der Waals surface area contributed by atoms with Crippen molar-refractivity contribution in [2.24, 2.45) is 0 Å². The zero-order valence-electron chi connectivity index (χ0n) is 12.2. The second kappa shape index (κ2) is 7.87. The van der Waals surface area contributed by atoms with Crippen molar-refractivity contribution in [2.75, 3.05) is 6.61 Å². The van der Waals surface area contributed by atoms with Gasteiger partial charge in [0.1, 0.15) is 11.6 Å². The van der Waals surface area contributed by atoms with Crippen LogP contribution in [0, 0.1) is 11.6 Å². The molecule has 1 aliphatic rings. The molecule has 6 heteroatoms. The van der Waals surface area contributed by atoms with E-state index in [-0.39, 0.29) is 11.6 Å². The average molecular weight is 311 g/mol. The highest BCUT2D eigenvalue weighted by atomic mass is 19.1. The number of hydrogen-bond acceptors (Lipinski definition) is 3. The Morgan fingerprint density at radius 1 is 1.14 bits per heavy atom. The normalized spacial score (nSPS) is 15.9. The minimum atomic E-state index is -1.01. The molecule has 1 aliphatic carbocycles. The Morgan fingerprint density at radius 2 is 1.82 bits per heavy atom. The maximum atomic E-state index is 13.4. The number of amides is 1. The van der Waals surface area contributed by atoms with Crippen LogP contribution in [0.4, 0.5) is 8.78 Å². The van der Waals surface area contributed by atoms with Crippen LogP contribution in [0.1, 0.15) is 48.9 Å². The number of nitrogens with one attached hydrogen (secondary N) is 1. The van der Waals surface area contributed by atoms with Gasteiger partial charge in [-0.1, -0.05) is 25.7 Å². The van der Waals surface area contributed by atoms with E-state index in [2.05, 4.69) is 5.32 Å². The van der Waals surface area contributed by atoms with Crippen LogP contribution in [0.2, 0.25) is 0 Å². The van der Waals surface area contributed by atoms with Crippen LogP contribution in [0.15, 0.2) is 18.2 Å². The van der Waals surface area contributed by atoms with Gasteiger partial charge < -0.3 is 10.1 Å². The van der Waals surface area contributed by atoms with Crippen LogP contribution < -0.4 is 5.32 Å². The second-order valence-corrected chi connectivity index (χ2v) is 5.46. The van der Waals surface area contributed by atoms with Crippen molar-refractivity contribution in [1.82, 2.24) is 5.32 Å². The summed E-state index contributed by atoms with van der Waals surface area (Å²) in [5.74, 6) is -3.16. The Bertz CT molecular complexity index is 540. The molecule has 0 spiro atoms. The van der Waals surface area contributed by atoms with E-state index in [4.69, 9.17) is 4.74 Å². The molecule has 120 valence electrons. The van der Waals surface area contributed by atoms with Gasteiger partial charge in [-0.25, -0.2) is 13.6 Å². The molecule has 1 fully saturated rings. The van der Waals surface area contributed by atoms with Crippen LogP contribution in [0.5, 0.6) is 0 Å². The Labute approximate surface area is 127 Å². The van der Waals surface area contributed by atoms with E-state index in [1.54, 1.807) is 0 Å². The van der Waals surface area contributed by atoms with Crippen molar-refractivity contribution in [3.63, 3.8) is 0 Å². The number of hydrogen-bond donors (Lipinski definition) is 1. The minimum Gasteiger partial charge on any atom is -0.452 e. The van der Waals surface area contributed by atoms with Crippen molar-refractivity contribution in [1.29, 1.82) is 0 Å². The van der Waals surface area contributed by atoms with Gasteiger partial charge in [-0.15, -0.1) is 0 Å². The summed E-state index contributed by atoms with van der Waals surface area (Å²) in [4.78, 5) is 23.4. The Morgan fingerprint density at radius 3 is 2.45 bits per heavy atom. The summed E-state index contributed by atoms with van der Waals surface area (Å²) in [5.41, 5.74) is -0.385. The van der Waals surface area contributed by atoms with Gasteiger partial charge in [0.2, 0.25) is 0 Å². The number of benzene rings is 1. The van der Waals surface area contributed by atoms with Crippen LogP contribution in [-0.2, 0) is 9.53 Å². The lowest BCUT2D eigenvalue weighted by Crippen LogP contribution is -2.37. The van der Waals surface area contributed by atoms with Gasteiger partial charge in [-0.3, -0.25) is 4.79 Å². The van der Waals surface area contributed by atoms with Gasteiger partial charge in [0.25, 0.3) is 5.91 Å². The maximum absolute atomic E-state index is 13.4. The lowest BCUT2D eigenvalue weighted by atomic mass is 10.1. The second-order valence-electron chi connectivity index (χ2n) is 5.46. The highest BCUT2D eigenvalue weighted by molar-refractivity contribution is 5.91. The molecule has 0 bridgehead atoms. The van der Waals surface area contributed by atoms with Crippen LogP contribution in [-0.4, -0.2) is 24.5 Å². The van der Waals surface area contributed by atoms with Gasteiger partial charge >= 0.3 is 5.97 Å². The fourth-order valence-electron chi connectivity index (χ4n) is 2.56. The molecule has 1 amide bonds. The summed E-state index contributed by atoms with van der Waals surface area (Å²) >= 11 is 0. The van der Waals surface area contributed by atoms with Gasteiger partial charge in [0, 0.05) is 12.1 Å². The van der Waals surface area contributed by atoms with Crippen molar-refractivity contribution in [3.05, 3.63) is 35.4 Å². The highest BCUT2D eigenvalue weighted by Gasteiger charge is 2.18. The standard InChI is InChI=1S/C16H19F2NO3/c17-11-7-8-13(14(18)9-11)16(21)22-10-15(20)19-12-5-3-1-2-4-6-12/h7-9,12H,1-6,10H2,(H,19,20). The molecule has 4 nitrogen and oxygen atoms in total. The Hall–Kier alpha value is -1.98. The van der Waals surface area contributed by atoms with E-state index in [0.29, 0.717) is 6.07 Å². The van der Waals surface area contributed by atoms with E-state index < -0.39 is 30.1 Å². The third-order valence-corrected chi connectivity index (χ3v) is 3.71. The predicted octanol–water partition coefficient (Wildman–Crippen LogP) is 2.96. The van der Waals surface area contributed by atoms with Crippen molar-refractivity contribution < 1.29 is 23.1 Å². The number of ether oxygens (including phenoxy) is 1. The molecule has 1 aromatic rings. The lowest BCUT2D eigenvalue weighted by Gasteiger charge is -2.16. The third-order valence-electron chi connectivity index (χ3n) is 3.71. The van der Waals surface area contributed by atoms with Crippen LogP contribution >= 0.6 is 0 Å². The summed E-state index contributed by atoms with van der Waals surface area (Å²) in [6.45, 7) is -0.466. The average Bonchev–Trinajstić information content (AvgIpc) is 2.73. The van der Waals surface area contributed by atoms with E-state index in [1.165, 1.54) is 12.8 Å². The number of rotatable bonds is 4. The molecule has 1 saturated carbocycles. The van der Waals surface area contributed by atoms with Crippen molar-refractivity contribution >= 4 is 11.9 Å². The lowest BCUT2D eigenvalue weighted by molar-refractivity contribution is -0.125. The molecule has 1 N–H and O–H groups in total. The summed E-state index contributed by atoms with van der Waals surface area (Å²) in [5, 5.41) is 2.82. The molecular weight excluding hydrogens is 292 g/mol. The molecule has 0 unspecified atom stereocenters. The van der Waals surface area contributed by atoms with E-state index >= 15 is 0 Å². The molecule has 0 heterocycles. The first-order valence-corrected chi connectivity index (χ1v) is 7.48. The van der Waals surface area contributed by atoms with Gasteiger partial charge in [-0.2, -0.15) is 0 Å². The summed E-state index contributed by atoms with van der Waals surface area (Å²) in [7, 11) is 0. The largest absolute Gasteiger partial charge is 0.452 e. The minimum absolute atomic E-state index is 0.108. The molecule has 0 aromatic heterocycles. The van der Waals surface area contributed by atoms with Crippen molar-refractivity contribution in [3.8, 4) is 0 Å². The molecular formula is C16H19F2NO3. The quantitative estimate of drug-likeness (QED) is 0.687. The summed E-state index contributed by atoms with van der Waals surface area (Å²) in [6, 6.07) is 2.67. The highest BCUT2D eigenvalue weighted by Crippen LogP contribution is 2.17. The topological polar surface area (TPSA) is 55.4 Å². The predicted molar refractivity (Wildman–Crippen MR) is 76.3 cm³/mol. The Kier molecular flexibility index (Phi) is 5.86. The zero-order chi connectivity index (χ0) is 15.9. The molecule has 22 heavy (non-hydrogen) atoms. The van der Waals surface area contributed by atoms with Gasteiger partial charge in [-0.05, 0) is 25.0 Å². The summed E-state index contributed by atoms with van der Waals surface area (Å²) < 4.78 is 30.9. The fourth-order valence-corrected chi connectivity index (χ4v) is 2.56. The number of esters is 1. The van der Waals surface area contributed by atoms with Gasteiger partial charge in [0.05, 0.1) is 5.56 Å². The van der Waals surface area contributed by atoms with E-state index in [0.717, 1.165) is 37.8 Å². The van der Waals surface area contributed by atoms with Crippen LogP contribution in [0.3, 0.4) is 0 Å². The van der Waals surface area contributed by atoms with Crippen molar-refractivity contribution in [2.45, 2.75) is 44.6 Å². The summed E-state index contributed by atoms with van der Waals surface area (Å²) in [6.07, 6.45) is 6.34. The van der Waals surface area contributed by atoms with Crippen LogP contribution in [0.25, 0.3) is 0 Å². The van der Waals surface area contributed by atoms with E-state index in [1.807, 2.05) is 0 Å². The molecule has 2 rings (SSSR count). The SMILES string of the molecule is O=C(COC(=O)c1ccc(F)cc1F)NC1CCCCCC1. The monoisotopic (exact) mass is 311 g/mol. The Balaban J connectivity index is 1.81. The first-order chi connectivity index (χ1) is 10.6. The number of carbonyl (C=O) groups excluding carboxylic acids is 2. The molecule has 0 aliphatic heterocycles. The first-order valence-electron chi connectivity index (χ1n) is 7.48. The smallest absolute Gasteiger partial charge is 0.341 e. The molecule has 0 atom stereocenters.